The zero-order chi connectivity index (χ0) is 19.9. The molecule has 0 radical (unpaired) electrons. The summed E-state index contributed by atoms with van der Waals surface area (Å²) in [4.78, 5) is 3.45. The summed E-state index contributed by atoms with van der Waals surface area (Å²) < 4.78 is 6.11. The highest BCUT2D eigenvalue weighted by Gasteiger charge is 2.38. The van der Waals surface area contributed by atoms with Gasteiger partial charge in [-0.25, -0.2) is 0 Å². The molecule has 2 N–H and O–H groups in total. The van der Waals surface area contributed by atoms with E-state index in [1.807, 2.05) is 18.2 Å². The second-order valence-electron chi connectivity index (χ2n) is 8.29. The molecule has 30 heavy (non-hydrogen) atoms. The van der Waals surface area contributed by atoms with Gasteiger partial charge in [-0.3, -0.25) is 0 Å². The van der Waals surface area contributed by atoms with Crippen molar-refractivity contribution in [1.29, 1.82) is 0 Å². The summed E-state index contributed by atoms with van der Waals surface area (Å²) in [6.07, 6.45) is 8.00. The molecule has 3 atom stereocenters. The SMILES string of the molecule is C1=CC2c3cc(OCc4ccccc4)ccc3NC(c3c[nH]c4ccccc34)C2C1. The Labute approximate surface area is 176 Å². The third-order valence-electron chi connectivity index (χ3n) is 6.54. The van der Waals surface area contributed by atoms with Crippen molar-refractivity contribution in [3.05, 3.63) is 108 Å². The number of benzene rings is 3. The van der Waals surface area contributed by atoms with E-state index >= 15 is 0 Å². The van der Waals surface area contributed by atoms with Crippen LogP contribution in [0.15, 0.2) is 91.1 Å². The van der Waals surface area contributed by atoms with E-state index in [1.54, 1.807) is 0 Å². The standard InChI is InChI=1S/C27H24N2O/c1-2-7-18(8-3-1)17-30-19-13-14-26-23(15-19)20-10-6-11-22(20)27(29-26)24-16-28-25-12-5-4-9-21(24)25/h1-10,12-16,20,22,27-29H,11,17H2. The van der Waals surface area contributed by atoms with Crippen molar-refractivity contribution in [2.75, 3.05) is 5.32 Å². The molecule has 1 aliphatic heterocycles. The summed E-state index contributed by atoms with van der Waals surface area (Å²) >= 11 is 0. The molecule has 2 aliphatic rings. The summed E-state index contributed by atoms with van der Waals surface area (Å²) in [6.45, 7) is 0.592. The minimum atomic E-state index is 0.296. The van der Waals surface area contributed by atoms with Gasteiger partial charge >= 0.3 is 0 Å². The van der Waals surface area contributed by atoms with E-state index in [9.17, 15) is 0 Å². The number of anilines is 1. The van der Waals surface area contributed by atoms with Crippen LogP contribution in [0.25, 0.3) is 10.9 Å². The Kier molecular flexibility index (Phi) is 4.12. The lowest BCUT2D eigenvalue weighted by atomic mass is 9.77. The Morgan fingerprint density at radius 3 is 2.70 bits per heavy atom. The number of fused-ring (bicyclic) bond motifs is 4. The lowest BCUT2D eigenvalue weighted by Gasteiger charge is -2.37. The van der Waals surface area contributed by atoms with E-state index in [4.69, 9.17) is 4.74 Å². The largest absolute Gasteiger partial charge is 0.489 e. The van der Waals surface area contributed by atoms with Crippen LogP contribution in [0, 0.1) is 5.92 Å². The van der Waals surface area contributed by atoms with E-state index in [0.717, 1.165) is 12.2 Å². The third kappa shape index (κ3) is 2.89. The van der Waals surface area contributed by atoms with Gasteiger partial charge in [0.2, 0.25) is 0 Å². The van der Waals surface area contributed by atoms with Crippen molar-refractivity contribution in [3.8, 4) is 5.75 Å². The normalized spacial score (nSPS) is 21.8. The number of para-hydroxylation sites is 1. The van der Waals surface area contributed by atoms with Crippen molar-refractivity contribution in [1.82, 2.24) is 4.98 Å². The molecule has 3 unspecified atom stereocenters. The van der Waals surface area contributed by atoms with E-state index in [-0.39, 0.29) is 0 Å². The zero-order valence-corrected chi connectivity index (χ0v) is 16.7. The van der Waals surface area contributed by atoms with Gasteiger partial charge in [0.25, 0.3) is 0 Å². The molecular formula is C27H24N2O. The van der Waals surface area contributed by atoms with E-state index in [0.29, 0.717) is 24.5 Å². The van der Waals surface area contributed by atoms with Gasteiger partial charge in [0.15, 0.2) is 0 Å². The van der Waals surface area contributed by atoms with E-state index in [1.165, 1.54) is 33.3 Å². The minimum Gasteiger partial charge on any atom is -0.489 e. The van der Waals surface area contributed by atoms with Crippen LogP contribution in [-0.2, 0) is 6.61 Å². The summed E-state index contributed by atoms with van der Waals surface area (Å²) in [6, 6.07) is 25.7. The molecule has 148 valence electrons. The van der Waals surface area contributed by atoms with Gasteiger partial charge in [0.1, 0.15) is 12.4 Å². The number of hydrogen-bond donors (Lipinski definition) is 2. The summed E-state index contributed by atoms with van der Waals surface area (Å²) in [5, 5.41) is 5.16. The molecule has 3 heteroatoms. The second kappa shape index (κ2) is 7.10. The predicted molar refractivity (Wildman–Crippen MR) is 122 cm³/mol. The van der Waals surface area contributed by atoms with Gasteiger partial charge in [-0.2, -0.15) is 0 Å². The molecule has 0 saturated carbocycles. The lowest BCUT2D eigenvalue weighted by molar-refractivity contribution is 0.305. The molecular weight excluding hydrogens is 368 g/mol. The summed E-state index contributed by atoms with van der Waals surface area (Å²) in [5.41, 5.74) is 6.30. The Hall–Kier alpha value is -3.46. The Balaban J connectivity index is 1.32. The maximum Gasteiger partial charge on any atom is 0.120 e. The fourth-order valence-corrected chi connectivity index (χ4v) is 5.06. The van der Waals surface area contributed by atoms with Crippen molar-refractivity contribution in [2.24, 2.45) is 5.92 Å². The van der Waals surface area contributed by atoms with Crippen LogP contribution in [-0.4, -0.2) is 4.98 Å². The summed E-state index contributed by atoms with van der Waals surface area (Å²) in [7, 11) is 0. The van der Waals surface area contributed by atoms with Gasteiger partial charge in [-0.15, -0.1) is 0 Å². The highest BCUT2D eigenvalue weighted by Crippen LogP contribution is 2.51. The number of aromatic nitrogens is 1. The van der Waals surface area contributed by atoms with Crippen LogP contribution < -0.4 is 10.1 Å². The fraction of sp³-hybridized carbons (Fsp3) is 0.185. The number of ether oxygens (including phenoxy) is 1. The first kappa shape index (κ1) is 17.4. The van der Waals surface area contributed by atoms with Crippen LogP contribution >= 0.6 is 0 Å². The number of aromatic amines is 1. The number of allylic oxidation sites excluding steroid dienone is 2. The Bertz CT molecular complexity index is 1220. The highest BCUT2D eigenvalue weighted by atomic mass is 16.5. The van der Waals surface area contributed by atoms with Gasteiger partial charge in [-0.05, 0) is 53.3 Å². The van der Waals surface area contributed by atoms with Gasteiger partial charge in [0, 0.05) is 28.7 Å². The fourth-order valence-electron chi connectivity index (χ4n) is 5.06. The molecule has 0 fully saturated rings. The monoisotopic (exact) mass is 392 g/mol. The number of H-pyrrole nitrogens is 1. The molecule has 0 bridgehead atoms. The first-order valence-electron chi connectivity index (χ1n) is 10.7. The highest BCUT2D eigenvalue weighted by molar-refractivity contribution is 5.84. The molecule has 0 saturated heterocycles. The average molecular weight is 393 g/mol. The topological polar surface area (TPSA) is 37.0 Å². The van der Waals surface area contributed by atoms with Crippen LogP contribution in [0.2, 0.25) is 0 Å². The van der Waals surface area contributed by atoms with Crippen LogP contribution in [0.5, 0.6) is 5.75 Å². The maximum absolute atomic E-state index is 6.11. The van der Waals surface area contributed by atoms with Crippen molar-refractivity contribution < 1.29 is 4.74 Å². The van der Waals surface area contributed by atoms with E-state index in [2.05, 4.69) is 83.2 Å². The van der Waals surface area contributed by atoms with Gasteiger partial charge < -0.3 is 15.0 Å². The van der Waals surface area contributed by atoms with E-state index < -0.39 is 0 Å². The maximum atomic E-state index is 6.11. The molecule has 0 amide bonds. The molecule has 0 spiro atoms. The molecule has 3 nitrogen and oxygen atoms in total. The van der Waals surface area contributed by atoms with Crippen LogP contribution in [0.4, 0.5) is 5.69 Å². The first-order valence-corrected chi connectivity index (χ1v) is 10.7. The smallest absolute Gasteiger partial charge is 0.120 e. The minimum absolute atomic E-state index is 0.296. The zero-order valence-electron chi connectivity index (χ0n) is 16.7. The quantitative estimate of drug-likeness (QED) is 0.385. The molecule has 3 aromatic carbocycles. The first-order chi connectivity index (χ1) is 14.9. The van der Waals surface area contributed by atoms with Crippen molar-refractivity contribution in [3.63, 3.8) is 0 Å². The van der Waals surface area contributed by atoms with Gasteiger partial charge in [0.05, 0.1) is 6.04 Å². The second-order valence-corrected chi connectivity index (χ2v) is 8.29. The van der Waals surface area contributed by atoms with Crippen molar-refractivity contribution in [2.45, 2.75) is 25.0 Å². The molecule has 2 heterocycles. The van der Waals surface area contributed by atoms with Crippen LogP contribution in [0.1, 0.15) is 35.1 Å². The Morgan fingerprint density at radius 1 is 0.900 bits per heavy atom. The molecule has 4 aromatic rings. The average Bonchev–Trinajstić information content (AvgIpc) is 3.46. The van der Waals surface area contributed by atoms with Gasteiger partial charge in [-0.1, -0.05) is 60.7 Å². The number of rotatable bonds is 4. The number of hydrogen-bond acceptors (Lipinski definition) is 2. The van der Waals surface area contributed by atoms with Crippen molar-refractivity contribution >= 4 is 16.6 Å². The predicted octanol–water partition coefficient (Wildman–Crippen LogP) is 6.57. The Morgan fingerprint density at radius 2 is 1.77 bits per heavy atom. The third-order valence-corrected chi connectivity index (χ3v) is 6.54. The van der Waals surface area contributed by atoms with Crippen LogP contribution in [0.3, 0.4) is 0 Å². The summed E-state index contributed by atoms with van der Waals surface area (Å²) in [5.74, 6) is 1.87. The molecule has 1 aromatic heterocycles. The molecule has 6 rings (SSSR count). The molecule has 1 aliphatic carbocycles. The number of nitrogens with one attached hydrogen (secondary N) is 2. The lowest BCUT2D eigenvalue weighted by Crippen LogP contribution is -2.28.